The first-order chi connectivity index (χ1) is 7.22. The topological polar surface area (TPSA) is 34.9 Å². The summed E-state index contributed by atoms with van der Waals surface area (Å²) < 4.78 is 2.13. The van der Waals surface area contributed by atoms with Crippen molar-refractivity contribution in [1.29, 1.82) is 0 Å². The molecule has 0 saturated heterocycles. The molecule has 3 nitrogen and oxygen atoms in total. The van der Waals surface area contributed by atoms with Crippen LogP contribution in [0.2, 0.25) is 0 Å². The lowest BCUT2D eigenvalue weighted by molar-refractivity contribution is -0.118. The molecule has 0 fully saturated rings. The summed E-state index contributed by atoms with van der Waals surface area (Å²) in [5.74, 6) is 1.23. The Bertz CT molecular complexity index is 379. The Balaban J connectivity index is 2.25. The van der Waals surface area contributed by atoms with Crippen molar-refractivity contribution in [3.8, 4) is 0 Å². The lowest BCUT2D eigenvalue weighted by Gasteiger charge is -2.11. The zero-order valence-corrected chi connectivity index (χ0v) is 9.55. The van der Waals surface area contributed by atoms with Gasteiger partial charge in [-0.05, 0) is 25.7 Å². The molecule has 0 aromatic carbocycles. The highest BCUT2D eigenvalue weighted by atomic mass is 16.1. The Labute approximate surface area is 90.5 Å². The molecular formula is C12H18N2O. The molecule has 0 amide bonds. The molecule has 2 rings (SSSR count). The molecule has 0 spiro atoms. The van der Waals surface area contributed by atoms with Crippen molar-refractivity contribution in [1.82, 2.24) is 9.55 Å². The lowest BCUT2D eigenvalue weighted by Crippen LogP contribution is -2.09. The summed E-state index contributed by atoms with van der Waals surface area (Å²) in [4.78, 5) is 16.0. The van der Waals surface area contributed by atoms with Gasteiger partial charge in [-0.2, -0.15) is 0 Å². The molecule has 0 atom stereocenters. The predicted octanol–water partition coefficient (Wildman–Crippen LogP) is 1.82. The van der Waals surface area contributed by atoms with Crippen molar-refractivity contribution in [2.75, 3.05) is 0 Å². The number of carbonyl (C=O) groups is 1. The van der Waals surface area contributed by atoms with E-state index in [1.807, 2.05) is 14.0 Å². The van der Waals surface area contributed by atoms with E-state index in [2.05, 4.69) is 9.55 Å². The third-order valence-electron chi connectivity index (χ3n) is 3.22. The normalized spacial score (nSPS) is 15.1. The Morgan fingerprint density at radius 1 is 1.40 bits per heavy atom. The van der Waals surface area contributed by atoms with Crippen LogP contribution in [0.1, 0.15) is 43.4 Å². The largest absolute Gasteiger partial charge is 0.334 e. The Morgan fingerprint density at radius 2 is 2.13 bits per heavy atom. The van der Waals surface area contributed by atoms with Crippen LogP contribution < -0.4 is 0 Å². The summed E-state index contributed by atoms with van der Waals surface area (Å²) >= 11 is 0. The van der Waals surface area contributed by atoms with E-state index in [0.717, 1.165) is 18.7 Å². The molecule has 1 aromatic rings. The van der Waals surface area contributed by atoms with Gasteiger partial charge in [0.05, 0.1) is 12.1 Å². The van der Waals surface area contributed by atoms with E-state index in [9.17, 15) is 4.79 Å². The third-order valence-corrected chi connectivity index (χ3v) is 3.22. The van der Waals surface area contributed by atoms with Gasteiger partial charge in [-0.15, -0.1) is 0 Å². The summed E-state index contributed by atoms with van der Waals surface area (Å²) in [6.45, 7) is 1.91. The number of nitrogens with zero attached hydrogens (tertiary/aromatic N) is 2. The first kappa shape index (κ1) is 10.4. The van der Waals surface area contributed by atoms with Crippen molar-refractivity contribution in [2.45, 2.75) is 45.4 Å². The summed E-state index contributed by atoms with van der Waals surface area (Å²) in [7, 11) is 2.04. The van der Waals surface area contributed by atoms with E-state index in [0.29, 0.717) is 12.8 Å². The zero-order valence-electron chi connectivity index (χ0n) is 9.55. The van der Waals surface area contributed by atoms with E-state index in [1.54, 1.807) is 0 Å². The monoisotopic (exact) mass is 206 g/mol. The van der Waals surface area contributed by atoms with Crippen molar-refractivity contribution < 1.29 is 4.79 Å². The highest BCUT2D eigenvalue weighted by Crippen LogP contribution is 2.21. The Hall–Kier alpha value is -1.12. The fraction of sp³-hybridized carbons (Fsp3) is 0.667. The van der Waals surface area contributed by atoms with Crippen LogP contribution in [0.25, 0.3) is 0 Å². The Kier molecular flexibility index (Phi) is 2.89. The first-order valence-electron chi connectivity index (χ1n) is 5.77. The fourth-order valence-electron chi connectivity index (χ4n) is 2.20. The summed E-state index contributed by atoms with van der Waals surface area (Å²) in [6.07, 6.45) is 5.82. The van der Waals surface area contributed by atoms with Gasteiger partial charge in [0.1, 0.15) is 11.6 Å². The number of fused-ring (bicyclic) bond motifs is 1. The number of Topliss-reactive ketones (excluding diaryl/α,β-unsaturated/α-hetero) is 1. The van der Waals surface area contributed by atoms with E-state index >= 15 is 0 Å². The maximum absolute atomic E-state index is 11.4. The van der Waals surface area contributed by atoms with Gasteiger partial charge in [-0.1, -0.05) is 6.92 Å². The van der Waals surface area contributed by atoms with Crippen LogP contribution in [0, 0.1) is 0 Å². The van der Waals surface area contributed by atoms with Crippen LogP contribution in [0.5, 0.6) is 0 Å². The molecule has 1 aromatic heterocycles. The standard InChI is InChI=1S/C12H18N2O/c1-3-9(15)8-12-13-10-6-4-5-7-11(10)14(12)2/h3-8H2,1-2H3. The Morgan fingerprint density at radius 3 is 2.80 bits per heavy atom. The number of imidazole rings is 1. The second-order valence-electron chi connectivity index (χ2n) is 4.26. The van der Waals surface area contributed by atoms with Crippen LogP contribution in [0.15, 0.2) is 0 Å². The van der Waals surface area contributed by atoms with Crippen LogP contribution in [0.3, 0.4) is 0 Å². The third kappa shape index (κ3) is 1.96. The fourth-order valence-corrected chi connectivity index (χ4v) is 2.20. The van der Waals surface area contributed by atoms with Gasteiger partial charge in [0, 0.05) is 19.2 Å². The number of ketones is 1. The molecule has 0 N–H and O–H groups in total. The number of hydrogen-bond donors (Lipinski definition) is 0. The average Bonchev–Trinajstić information content (AvgIpc) is 2.57. The number of hydrogen-bond acceptors (Lipinski definition) is 2. The van der Waals surface area contributed by atoms with E-state index in [-0.39, 0.29) is 5.78 Å². The maximum atomic E-state index is 11.4. The van der Waals surface area contributed by atoms with E-state index in [4.69, 9.17) is 0 Å². The second-order valence-corrected chi connectivity index (χ2v) is 4.26. The lowest BCUT2D eigenvalue weighted by atomic mass is 10.0. The molecule has 82 valence electrons. The van der Waals surface area contributed by atoms with E-state index < -0.39 is 0 Å². The molecule has 15 heavy (non-hydrogen) atoms. The summed E-state index contributed by atoms with van der Waals surface area (Å²) in [5, 5.41) is 0. The molecule has 3 heteroatoms. The molecule has 1 aliphatic carbocycles. The number of carbonyl (C=O) groups excluding carboxylic acids is 1. The SMILES string of the molecule is CCC(=O)Cc1nc2c(n1C)CCCC2. The van der Waals surface area contributed by atoms with Crippen molar-refractivity contribution in [3.05, 3.63) is 17.2 Å². The van der Waals surface area contributed by atoms with Gasteiger partial charge in [0.25, 0.3) is 0 Å². The number of aromatic nitrogens is 2. The first-order valence-corrected chi connectivity index (χ1v) is 5.77. The molecule has 1 aliphatic rings. The number of aryl methyl sites for hydroxylation is 1. The molecule has 0 unspecified atom stereocenters. The zero-order chi connectivity index (χ0) is 10.8. The van der Waals surface area contributed by atoms with Gasteiger partial charge in [-0.25, -0.2) is 4.98 Å². The van der Waals surface area contributed by atoms with Crippen LogP contribution in [0.4, 0.5) is 0 Å². The van der Waals surface area contributed by atoms with Crippen molar-refractivity contribution in [2.24, 2.45) is 7.05 Å². The highest BCUT2D eigenvalue weighted by molar-refractivity contribution is 5.79. The average molecular weight is 206 g/mol. The second kappa shape index (κ2) is 4.17. The van der Waals surface area contributed by atoms with Gasteiger partial charge in [0.2, 0.25) is 0 Å². The van der Waals surface area contributed by atoms with Crippen molar-refractivity contribution in [3.63, 3.8) is 0 Å². The van der Waals surface area contributed by atoms with Gasteiger partial charge in [0.15, 0.2) is 0 Å². The number of rotatable bonds is 3. The molecule has 0 radical (unpaired) electrons. The molecule has 0 bridgehead atoms. The molecule has 0 saturated carbocycles. The van der Waals surface area contributed by atoms with Crippen LogP contribution in [-0.4, -0.2) is 15.3 Å². The quantitative estimate of drug-likeness (QED) is 0.756. The van der Waals surface area contributed by atoms with Gasteiger partial charge >= 0.3 is 0 Å². The van der Waals surface area contributed by atoms with Gasteiger partial charge < -0.3 is 4.57 Å². The molecule has 0 aliphatic heterocycles. The van der Waals surface area contributed by atoms with E-state index in [1.165, 1.54) is 24.2 Å². The highest BCUT2D eigenvalue weighted by Gasteiger charge is 2.18. The molecular weight excluding hydrogens is 188 g/mol. The maximum Gasteiger partial charge on any atom is 0.140 e. The molecule has 1 heterocycles. The summed E-state index contributed by atoms with van der Waals surface area (Å²) in [6, 6.07) is 0. The van der Waals surface area contributed by atoms with Crippen LogP contribution in [-0.2, 0) is 31.1 Å². The predicted molar refractivity (Wildman–Crippen MR) is 58.9 cm³/mol. The minimum absolute atomic E-state index is 0.278. The van der Waals surface area contributed by atoms with Crippen LogP contribution >= 0.6 is 0 Å². The smallest absolute Gasteiger partial charge is 0.140 e. The van der Waals surface area contributed by atoms with Gasteiger partial charge in [-0.3, -0.25) is 4.79 Å². The minimum Gasteiger partial charge on any atom is -0.334 e. The minimum atomic E-state index is 0.278. The summed E-state index contributed by atoms with van der Waals surface area (Å²) in [5.41, 5.74) is 2.57. The van der Waals surface area contributed by atoms with Crippen molar-refractivity contribution >= 4 is 5.78 Å².